The van der Waals surface area contributed by atoms with Crippen molar-refractivity contribution in [2.45, 2.75) is 32.7 Å². The molecule has 0 atom stereocenters. The molecule has 312 valence electrons. The molecule has 0 saturated heterocycles. The molecule has 9 aromatic carbocycles. The molecule has 0 fully saturated rings. The minimum absolute atomic E-state index is 0.0332. The van der Waals surface area contributed by atoms with Crippen LogP contribution in [0.2, 0.25) is 0 Å². The molecule has 0 saturated carbocycles. The molecular formula is C60H52N4. The molecule has 1 aliphatic rings. The van der Waals surface area contributed by atoms with Crippen molar-refractivity contribution >= 4 is 27.6 Å². The predicted octanol–water partition coefficient (Wildman–Crippen LogP) is 14.5. The highest BCUT2D eigenvalue weighted by Crippen LogP contribution is 2.50. The van der Waals surface area contributed by atoms with Gasteiger partial charge in [0.1, 0.15) is 5.84 Å². The minimum Gasteiger partial charge on any atom is -0.384 e. The van der Waals surface area contributed by atoms with Crippen molar-refractivity contribution in [1.82, 2.24) is 4.57 Å². The van der Waals surface area contributed by atoms with Crippen molar-refractivity contribution in [3.63, 3.8) is 0 Å². The molecule has 64 heavy (non-hydrogen) atoms. The predicted molar refractivity (Wildman–Crippen MR) is 271 cm³/mol. The van der Waals surface area contributed by atoms with Crippen molar-refractivity contribution in [1.29, 1.82) is 5.41 Å². The van der Waals surface area contributed by atoms with Crippen LogP contribution in [-0.2, 0) is 12.0 Å². The number of nitrogens with zero attached hydrogens (tertiary/aromatic N) is 1. The molecule has 0 unspecified atom stereocenters. The van der Waals surface area contributed by atoms with Gasteiger partial charge in [-0.1, -0.05) is 208 Å². The van der Waals surface area contributed by atoms with Gasteiger partial charge < -0.3 is 16.0 Å². The third-order valence-electron chi connectivity index (χ3n) is 12.4. The summed E-state index contributed by atoms with van der Waals surface area (Å²) < 4.78 is 2.45. The van der Waals surface area contributed by atoms with Gasteiger partial charge in [-0.15, -0.1) is 0 Å². The van der Waals surface area contributed by atoms with Gasteiger partial charge in [-0.25, -0.2) is 0 Å². The summed E-state index contributed by atoms with van der Waals surface area (Å²) in [5.41, 5.74) is 30.4. The summed E-state index contributed by atoms with van der Waals surface area (Å²) in [5.74, 6) is 0.106. The molecule has 0 bridgehead atoms. The number of fused-ring (bicyclic) bond motifs is 6. The Bertz CT molecular complexity index is 3250. The van der Waals surface area contributed by atoms with Crippen LogP contribution < -0.4 is 11.5 Å². The topological polar surface area (TPSA) is 80.8 Å². The van der Waals surface area contributed by atoms with Crippen LogP contribution in [0.4, 0.5) is 0 Å². The third kappa shape index (κ3) is 8.04. The van der Waals surface area contributed by atoms with Crippen LogP contribution in [0, 0.1) is 12.3 Å². The van der Waals surface area contributed by atoms with E-state index < -0.39 is 0 Å². The standard InChI is InChI=1S/C40H31N.C13H12N2.C7H9N/c1-26-12-10-13-28(24-26)41-38-21-9-7-17-33(38)35-19-11-18-34(39(35)41)30-15-5-4-14-29(30)27-22-23-32-31-16-6-8-20-36(31)40(2,3)37(32)25-27;14-13(15)12-8-6-11(7-9-12)10-4-2-1-3-5-10;8-6-7-4-2-1-3-5-7/h4-25H,1-3H3;1-9H,(H3,14,15);1-5H,6,8H2. The Hall–Kier alpha value is -7.79. The number of benzene rings is 9. The number of para-hydroxylation sites is 2. The number of rotatable bonds is 6. The number of amidine groups is 1. The van der Waals surface area contributed by atoms with E-state index in [0.717, 1.165) is 11.1 Å². The van der Waals surface area contributed by atoms with E-state index in [1.54, 1.807) is 0 Å². The van der Waals surface area contributed by atoms with Crippen LogP contribution >= 0.6 is 0 Å². The Morgan fingerprint density at radius 3 is 1.75 bits per heavy atom. The summed E-state index contributed by atoms with van der Waals surface area (Å²) in [6.45, 7) is 7.52. The van der Waals surface area contributed by atoms with Crippen LogP contribution in [0.3, 0.4) is 0 Å². The van der Waals surface area contributed by atoms with Crippen LogP contribution in [0.25, 0.3) is 72.0 Å². The van der Waals surface area contributed by atoms with Crippen LogP contribution in [-0.4, -0.2) is 10.4 Å². The lowest BCUT2D eigenvalue weighted by Crippen LogP contribution is -2.14. The SMILES string of the molecule is Cc1cccc(-n2c3ccccc3c3cccc(-c4ccccc4-c4ccc5c(c4)C(C)(C)c4ccccc4-5)c32)c1.N=C(N)c1ccc(-c2ccccc2)cc1.NCc1ccccc1. The zero-order valence-corrected chi connectivity index (χ0v) is 36.6. The van der Waals surface area contributed by atoms with Crippen molar-refractivity contribution < 1.29 is 0 Å². The average molecular weight is 829 g/mol. The molecule has 0 aliphatic heterocycles. The van der Waals surface area contributed by atoms with Crippen molar-refractivity contribution in [2.75, 3.05) is 0 Å². The van der Waals surface area contributed by atoms with Gasteiger partial charge in [0.05, 0.1) is 11.0 Å². The first kappa shape index (κ1) is 41.6. The number of nitrogens with two attached hydrogens (primary N) is 2. The summed E-state index contributed by atoms with van der Waals surface area (Å²) in [4.78, 5) is 0. The summed E-state index contributed by atoms with van der Waals surface area (Å²) in [6.07, 6.45) is 0. The molecule has 11 rings (SSSR count). The van der Waals surface area contributed by atoms with Gasteiger partial charge in [-0.2, -0.15) is 0 Å². The van der Waals surface area contributed by atoms with E-state index >= 15 is 0 Å². The second-order valence-electron chi connectivity index (χ2n) is 16.9. The van der Waals surface area contributed by atoms with Gasteiger partial charge in [0, 0.05) is 39.5 Å². The molecule has 5 N–H and O–H groups in total. The van der Waals surface area contributed by atoms with E-state index in [1.807, 2.05) is 72.8 Å². The number of aryl methyl sites for hydroxylation is 1. The van der Waals surface area contributed by atoms with Crippen molar-refractivity contribution in [2.24, 2.45) is 11.5 Å². The summed E-state index contributed by atoms with van der Waals surface area (Å²) in [6, 6.07) is 77.1. The molecule has 4 heteroatoms. The third-order valence-corrected chi connectivity index (χ3v) is 12.4. The van der Waals surface area contributed by atoms with E-state index in [2.05, 4.69) is 171 Å². The van der Waals surface area contributed by atoms with Crippen molar-refractivity contribution in [3.05, 3.63) is 246 Å². The monoisotopic (exact) mass is 828 g/mol. The zero-order valence-electron chi connectivity index (χ0n) is 36.6. The molecular weight excluding hydrogens is 777 g/mol. The first-order chi connectivity index (χ1) is 31.2. The molecule has 4 nitrogen and oxygen atoms in total. The van der Waals surface area contributed by atoms with Gasteiger partial charge in [0.25, 0.3) is 0 Å². The van der Waals surface area contributed by atoms with Gasteiger partial charge in [0.2, 0.25) is 0 Å². The van der Waals surface area contributed by atoms with E-state index in [0.29, 0.717) is 6.54 Å². The number of hydrogen-bond acceptors (Lipinski definition) is 2. The smallest absolute Gasteiger partial charge is 0.122 e. The molecule has 0 radical (unpaired) electrons. The number of nitrogens with one attached hydrogen (secondary N) is 1. The Morgan fingerprint density at radius 1 is 0.484 bits per heavy atom. The lowest BCUT2D eigenvalue weighted by atomic mass is 9.81. The summed E-state index contributed by atoms with van der Waals surface area (Å²) in [5, 5.41) is 9.84. The Balaban J connectivity index is 0.000000184. The van der Waals surface area contributed by atoms with E-state index in [-0.39, 0.29) is 11.3 Å². The molecule has 0 amide bonds. The van der Waals surface area contributed by atoms with Crippen LogP contribution in [0.1, 0.15) is 41.7 Å². The molecule has 10 aromatic rings. The van der Waals surface area contributed by atoms with E-state index in [4.69, 9.17) is 16.9 Å². The van der Waals surface area contributed by atoms with Gasteiger partial charge >= 0.3 is 0 Å². The number of hydrogen-bond donors (Lipinski definition) is 3. The van der Waals surface area contributed by atoms with Gasteiger partial charge in [-0.05, 0) is 92.4 Å². The first-order valence-corrected chi connectivity index (χ1v) is 21.9. The lowest BCUT2D eigenvalue weighted by Gasteiger charge is -2.22. The van der Waals surface area contributed by atoms with Crippen LogP contribution in [0.15, 0.2) is 218 Å². The second kappa shape index (κ2) is 17.9. The van der Waals surface area contributed by atoms with Gasteiger partial charge in [-0.3, -0.25) is 5.41 Å². The maximum atomic E-state index is 7.29. The largest absolute Gasteiger partial charge is 0.384 e. The fourth-order valence-corrected chi connectivity index (χ4v) is 9.20. The zero-order chi connectivity index (χ0) is 44.2. The minimum atomic E-state index is -0.0332. The lowest BCUT2D eigenvalue weighted by molar-refractivity contribution is 0.660. The fourth-order valence-electron chi connectivity index (χ4n) is 9.20. The maximum Gasteiger partial charge on any atom is 0.122 e. The maximum absolute atomic E-state index is 7.29. The molecule has 1 aromatic heterocycles. The first-order valence-electron chi connectivity index (χ1n) is 21.9. The van der Waals surface area contributed by atoms with Crippen molar-refractivity contribution in [3.8, 4) is 50.2 Å². The van der Waals surface area contributed by atoms with E-state index in [1.165, 1.54) is 88.7 Å². The average Bonchev–Trinajstić information content (AvgIpc) is 3.81. The summed E-state index contributed by atoms with van der Waals surface area (Å²) >= 11 is 0. The quantitative estimate of drug-likeness (QED) is 0.115. The van der Waals surface area contributed by atoms with Crippen LogP contribution in [0.5, 0.6) is 0 Å². The molecule has 0 spiro atoms. The highest BCUT2D eigenvalue weighted by Gasteiger charge is 2.35. The Morgan fingerprint density at radius 2 is 1.05 bits per heavy atom. The molecule has 1 heterocycles. The number of nitrogen functional groups attached to an aromatic ring is 1. The highest BCUT2D eigenvalue weighted by atomic mass is 15.0. The van der Waals surface area contributed by atoms with E-state index in [9.17, 15) is 0 Å². The normalized spacial score (nSPS) is 12.1. The second-order valence-corrected chi connectivity index (χ2v) is 16.9. The molecule has 1 aliphatic carbocycles. The Kier molecular flexibility index (Phi) is 11.6. The fraction of sp³-hybridized carbons (Fsp3) is 0.0833. The highest BCUT2D eigenvalue weighted by molar-refractivity contribution is 6.14. The Labute approximate surface area is 376 Å². The van der Waals surface area contributed by atoms with Gasteiger partial charge in [0.15, 0.2) is 0 Å². The number of aromatic nitrogens is 1. The summed E-state index contributed by atoms with van der Waals surface area (Å²) in [7, 11) is 0.